The molecule has 0 aliphatic heterocycles. The minimum atomic E-state index is -0.389. The number of aryl methyl sites for hydroxylation is 1. The topological polar surface area (TPSA) is 46.3 Å². The number of carbonyl (C=O) groups excluding carboxylic acids is 1. The minimum Gasteiger partial charge on any atom is -0.338 e. The second-order valence-electron chi connectivity index (χ2n) is 5.85. The van der Waals surface area contributed by atoms with Crippen LogP contribution in [0.5, 0.6) is 0 Å². The smallest absolute Gasteiger partial charge is 0.253 e. The van der Waals surface area contributed by atoms with Gasteiger partial charge in [0.2, 0.25) is 0 Å². The van der Waals surface area contributed by atoms with Crippen LogP contribution in [0.15, 0.2) is 48.5 Å². The largest absolute Gasteiger partial charge is 0.338 e. The lowest BCUT2D eigenvalue weighted by molar-refractivity contribution is 0.0724. The highest BCUT2D eigenvalue weighted by atomic mass is 19.1. The highest BCUT2D eigenvalue weighted by Crippen LogP contribution is 2.16. The molecule has 0 fully saturated rings. The SMILES string of the molecule is Cc1cc(F)cc(C(=O)N(C)[C@H](CCN)Cc2ccccc2)c1. The third-order valence-corrected chi connectivity index (χ3v) is 3.97. The zero-order valence-electron chi connectivity index (χ0n) is 13.6. The Balaban J connectivity index is 2.19. The lowest BCUT2D eigenvalue weighted by Crippen LogP contribution is -2.40. The van der Waals surface area contributed by atoms with E-state index in [1.54, 1.807) is 24.9 Å². The Labute approximate surface area is 136 Å². The van der Waals surface area contributed by atoms with Crippen LogP contribution in [-0.2, 0) is 6.42 Å². The summed E-state index contributed by atoms with van der Waals surface area (Å²) in [6.45, 7) is 2.28. The number of carbonyl (C=O) groups is 1. The Morgan fingerprint density at radius 2 is 1.91 bits per heavy atom. The summed E-state index contributed by atoms with van der Waals surface area (Å²) < 4.78 is 13.6. The number of rotatable bonds is 6. The third-order valence-electron chi connectivity index (χ3n) is 3.97. The zero-order valence-corrected chi connectivity index (χ0v) is 13.6. The first-order chi connectivity index (χ1) is 11.0. The van der Waals surface area contributed by atoms with E-state index in [9.17, 15) is 9.18 Å². The van der Waals surface area contributed by atoms with E-state index in [-0.39, 0.29) is 17.8 Å². The molecule has 0 radical (unpaired) electrons. The Hall–Kier alpha value is -2.20. The first-order valence-electron chi connectivity index (χ1n) is 7.79. The number of nitrogens with zero attached hydrogens (tertiary/aromatic N) is 1. The predicted octanol–water partition coefficient (Wildman–Crippen LogP) is 3.17. The highest BCUT2D eigenvalue weighted by Gasteiger charge is 2.21. The van der Waals surface area contributed by atoms with Gasteiger partial charge in [0.25, 0.3) is 5.91 Å². The van der Waals surface area contributed by atoms with E-state index in [2.05, 4.69) is 0 Å². The van der Waals surface area contributed by atoms with Gasteiger partial charge in [-0.2, -0.15) is 0 Å². The Bertz CT molecular complexity index is 637. The summed E-state index contributed by atoms with van der Waals surface area (Å²) in [5, 5.41) is 0. The van der Waals surface area contributed by atoms with Crippen LogP contribution < -0.4 is 5.73 Å². The van der Waals surface area contributed by atoms with Crippen LogP contribution in [0.4, 0.5) is 4.39 Å². The minimum absolute atomic E-state index is 0.0153. The molecule has 1 atom stereocenters. The van der Waals surface area contributed by atoms with Gasteiger partial charge < -0.3 is 10.6 Å². The molecule has 0 saturated carbocycles. The van der Waals surface area contributed by atoms with Crippen molar-refractivity contribution < 1.29 is 9.18 Å². The summed E-state index contributed by atoms with van der Waals surface area (Å²) in [6, 6.07) is 14.4. The maximum Gasteiger partial charge on any atom is 0.253 e. The lowest BCUT2D eigenvalue weighted by Gasteiger charge is -2.28. The molecule has 23 heavy (non-hydrogen) atoms. The van der Waals surface area contributed by atoms with Crippen LogP contribution in [0.2, 0.25) is 0 Å². The molecule has 0 aromatic heterocycles. The van der Waals surface area contributed by atoms with E-state index >= 15 is 0 Å². The molecular weight excluding hydrogens is 291 g/mol. The second kappa shape index (κ2) is 7.88. The molecule has 4 heteroatoms. The van der Waals surface area contributed by atoms with Crippen molar-refractivity contribution in [3.63, 3.8) is 0 Å². The summed E-state index contributed by atoms with van der Waals surface area (Å²) in [5.74, 6) is -0.567. The number of amides is 1. The van der Waals surface area contributed by atoms with E-state index in [0.717, 1.165) is 17.5 Å². The molecule has 0 aliphatic rings. The first kappa shape index (κ1) is 17.2. The molecule has 0 spiro atoms. The summed E-state index contributed by atoms with van der Waals surface area (Å²) in [4.78, 5) is 14.3. The van der Waals surface area contributed by atoms with Crippen LogP contribution in [0, 0.1) is 12.7 Å². The lowest BCUT2D eigenvalue weighted by atomic mass is 10.0. The van der Waals surface area contributed by atoms with Crippen molar-refractivity contribution in [3.05, 3.63) is 71.0 Å². The van der Waals surface area contributed by atoms with Crippen LogP contribution in [0.1, 0.15) is 27.9 Å². The van der Waals surface area contributed by atoms with Gasteiger partial charge in [-0.15, -0.1) is 0 Å². The molecular formula is C19H23FN2O. The number of likely N-dealkylation sites (N-methyl/N-ethyl adjacent to an activating group) is 1. The third kappa shape index (κ3) is 4.63. The first-order valence-corrected chi connectivity index (χ1v) is 7.79. The fraction of sp³-hybridized carbons (Fsp3) is 0.316. The molecule has 0 unspecified atom stereocenters. The monoisotopic (exact) mass is 314 g/mol. The molecule has 1 amide bonds. The van der Waals surface area contributed by atoms with Crippen molar-refractivity contribution in [1.82, 2.24) is 4.90 Å². The average molecular weight is 314 g/mol. The van der Waals surface area contributed by atoms with Crippen molar-refractivity contribution in [2.24, 2.45) is 5.73 Å². The second-order valence-corrected chi connectivity index (χ2v) is 5.85. The van der Waals surface area contributed by atoms with E-state index < -0.39 is 0 Å². The zero-order chi connectivity index (χ0) is 16.8. The quantitative estimate of drug-likeness (QED) is 0.890. The van der Waals surface area contributed by atoms with Gasteiger partial charge in [0.15, 0.2) is 0 Å². The van der Waals surface area contributed by atoms with Gasteiger partial charge in [-0.3, -0.25) is 4.79 Å². The fourth-order valence-electron chi connectivity index (χ4n) is 2.74. The summed E-state index contributed by atoms with van der Waals surface area (Å²) in [5.41, 5.74) is 7.98. The Kier molecular flexibility index (Phi) is 5.88. The van der Waals surface area contributed by atoms with Crippen LogP contribution in [0.25, 0.3) is 0 Å². The van der Waals surface area contributed by atoms with E-state index in [0.29, 0.717) is 18.5 Å². The van der Waals surface area contributed by atoms with Crippen molar-refractivity contribution in [1.29, 1.82) is 0 Å². The standard InChI is InChI=1S/C19H23FN2O/c1-14-10-16(13-17(20)11-14)19(23)22(2)18(8-9-21)12-15-6-4-3-5-7-15/h3-7,10-11,13,18H,8-9,12,21H2,1-2H3/t18-/m1/s1. The molecule has 0 saturated heterocycles. The molecule has 0 heterocycles. The van der Waals surface area contributed by atoms with Gasteiger partial charge in [0.1, 0.15) is 5.82 Å². The van der Waals surface area contributed by atoms with E-state index in [4.69, 9.17) is 5.73 Å². The van der Waals surface area contributed by atoms with Crippen LogP contribution >= 0.6 is 0 Å². The van der Waals surface area contributed by atoms with Gasteiger partial charge in [0.05, 0.1) is 0 Å². The predicted molar refractivity (Wildman–Crippen MR) is 90.8 cm³/mol. The molecule has 3 nitrogen and oxygen atoms in total. The maximum absolute atomic E-state index is 13.6. The maximum atomic E-state index is 13.6. The molecule has 0 bridgehead atoms. The van der Waals surface area contributed by atoms with Crippen LogP contribution in [-0.4, -0.2) is 30.4 Å². The van der Waals surface area contributed by atoms with Crippen molar-refractivity contribution in [2.45, 2.75) is 25.8 Å². The van der Waals surface area contributed by atoms with Crippen molar-refractivity contribution in [3.8, 4) is 0 Å². The van der Waals surface area contributed by atoms with Gasteiger partial charge in [0, 0.05) is 18.7 Å². The number of hydrogen-bond acceptors (Lipinski definition) is 2. The Morgan fingerprint density at radius 1 is 1.22 bits per heavy atom. The summed E-state index contributed by atoms with van der Waals surface area (Å²) in [7, 11) is 1.76. The number of halogens is 1. The molecule has 2 aromatic carbocycles. The summed E-state index contributed by atoms with van der Waals surface area (Å²) in [6.07, 6.45) is 1.43. The average Bonchev–Trinajstić information content (AvgIpc) is 2.53. The molecule has 2 aromatic rings. The van der Waals surface area contributed by atoms with Crippen molar-refractivity contribution in [2.75, 3.05) is 13.6 Å². The number of hydrogen-bond donors (Lipinski definition) is 1. The van der Waals surface area contributed by atoms with Gasteiger partial charge in [-0.1, -0.05) is 30.3 Å². The van der Waals surface area contributed by atoms with Crippen LogP contribution in [0.3, 0.4) is 0 Å². The van der Waals surface area contributed by atoms with E-state index in [1.807, 2.05) is 30.3 Å². The van der Waals surface area contributed by atoms with E-state index in [1.165, 1.54) is 12.1 Å². The molecule has 122 valence electrons. The summed E-state index contributed by atoms with van der Waals surface area (Å²) >= 11 is 0. The molecule has 2 rings (SSSR count). The molecule has 2 N–H and O–H groups in total. The fourth-order valence-corrected chi connectivity index (χ4v) is 2.74. The van der Waals surface area contributed by atoms with Gasteiger partial charge in [-0.05, 0) is 55.6 Å². The van der Waals surface area contributed by atoms with Gasteiger partial charge >= 0.3 is 0 Å². The normalized spacial score (nSPS) is 12.0. The van der Waals surface area contributed by atoms with Gasteiger partial charge in [-0.25, -0.2) is 4.39 Å². The number of nitrogens with two attached hydrogens (primary N) is 1. The Morgan fingerprint density at radius 3 is 2.52 bits per heavy atom. The van der Waals surface area contributed by atoms with Crippen molar-refractivity contribution >= 4 is 5.91 Å². The highest BCUT2D eigenvalue weighted by molar-refractivity contribution is 5.94. The number of benzene rings is 2. The molecule has 0 aliphatic carbocycles.